The maximum atomic E-state index is 12.6. The quantitative estimate of drug-likeness (QED) is 0.855. The minimum absolute atomic E-state index is 0.226. The zero-order valence-electron chi connectivity index (χ0n) is 15.7. The Hall–Kier alpha value is -1.70. The Kier molecular flexibility index (Phi) is 6.37. The summed E-state index contributed by atoms with van der Waals surface area (Å²) in [6, 6.07) is -0.518. The van der Waals surface area contributed by atoms with E-state index in [-0.39, 0.29) is 5.91 Å². The van der Waals surface area contributed by atoms with E-state index in [9.17, 15) is 9.59 Å². The predicted octanol–water partition coefficient (Wildman–Crippen LogP) is 3.78. The summed E-state index contributed by atoms with van der Waals surface area (Å²) in [5.74, 6) is 0.142. The second-order valence-corrected chi connectivity index (χ2v) is 8.29. The van der Waals surface area contributed by atoms with Crippen LogP contribution in [0.3, 0.4) is 0 Å². The van der Waals surface area contributed by atoms with Gasteiger partial charge in [0, 0.05) is 12.5 Å². The molecule has 1 aromatic rings. The number of carbonyl (C=O) groups is 2. The summed E-state index contributed by atoms with van der Waals surface area (Å²) < 4.78 is 5.40. The average Bonchev–Trinajstić information content (AvgIpc) is 3.16. The van der Waals surface area contributed by atoms with Crippen LogP contribution in [0.1, 0.15) is 71.2 Å². The molecule has 1 atom stereocenters. The fraction of sp³-hybridized carbons (Fsp3) is 0.765. The minimum atomic E-state index is -0.579. The van der Waals surface area contributed by atoms with Gasteiger partial charge in [0.15, 0.2) is 0 Å². The third-order valence-corrected chi connectivity index (χ3v) is 5.19. The number of nitrogens with zero attached hydrogens (tertiary/aromatic N) is 3. The normalized spacial score (nSPS) is 17.8. The van der Waals surface area contributed by atoms with Crippen molar-refractivity contribution in [3.05, 3.63) is 5.01 Å². The number of aromatic nitrogens is 2. The molecule has 0 saturated carbocycles. The SMILES string of the molecule is CCC(CC)c1nnc(NC(=O)[C@H]2CCCN2C(=O)OC(C)(C)C)s1. The number of amides is 2. The Bertz CT molecular complexity index is 607. The molecular weight excluding hydrogens is 340 g/mol. The third kappa shape index (κ3) is 5.14. The van der Waals surface area contributed by atoms with Gasteiger partial charge in [0.2, 0.25) is 11.0 Å². The summed E-state index contributed by atoms with van der Waals surface area (Å²) in [5, 5.41) is 12.5. The van der Waals surface area contributed by atoms with Crippen LogP contribution in [-0.4, -0.2) is 45.3 Å². The van der Waals surface area contributed by atoms with Gasteiger partial charge in [-0.25, -0.2) is 4.79 Å². The van der Waals surface area contributed by atoms with Gasteiger partial charge < -0.3 is 4.74 Å². The molecule has 1 aliphatic rings. The van der Waals surface area contributed by atoms with Crippen LogP contribution in [0.5, 0.6) is 0 Å². The highest BCUT2D eigenvalue weighted by molar-refractivity contribution is 7.15. The number of nitrogens with one attached hydrogen (secondary N) is 1. The first kappa shape index (κ1) is 19.6. The first-order chi connectivity index (χ1) is 11.7. The van der Waals surface area contributed by atoms with Crippen LogP contribution in [0.2, 0.25) is 0 Å². The Morgan fingerprint density at radius 2 is 2.00 bits per heavy atom. The van der Waals surface area contributed by atoms with Crippen LogP contribution in [0, 0.1) is 0 Å². The van der Waals surface area contributed by atoms with Crippen LogP contribution in [0.15, 0.2) is 0 Å². The summed E-state index contributed by atoms with van der Waals surface area (Å²) in [6.07, 6.45) is 2.96. The van der Waals surface area contributed by atoms with Crippen molar-refractivity contribution in [2.75, 3.05) is 11.9 Å². The molecule has 2 amide bonds. The van der Waals surface area contributed by atoms with E-state index in [4.69, 9.17) is 4.74 Å². The lowest BCUT2D eigenvalue weighted by molar-refractivity contribution is -0.120. The second kappa shape index (κ2) is 8.12. The van der Waals surface area contributed by atoms with Crippen molar-refractivity contribution >= 4 is 28.5 Å². The molecule has 2 rings (SSSR count). The second-order valence-electron chi connectivity index (χ2n) is 7.28. The summed E-state index contributed by atoms with van der Waals surface area (Å²) in [6.45, 7) is 10.2. The first-order valence-electron chi connectivity index (χ1n) is 8.89. The Labute approximate surface area is 153 Å². The summed E-state index contributed by atoms with van der Waals surface area (Å²) in [7, 11) is 0. The van der Waals surface area contributed by atoms with Crippen LogP contribution in [-0.2, 0) is 9.53 Å². The number of rotatable bonds is 5. The molecule has 0 aliphatic carbocycles. The van der Waals surface area contributed by atoms with Gasteiger partial charge in [-0.15, -0.1) is 10.2 Å². The van der Waals surface area contributed by atoms with Crippen molar-refractivity contribution in [3.63, 3.8) is 0 Å². The van der Waals surface area contributed by atoms with E-state index in [0.717, 1.165) is 24.3 Å². The van der Waals surface area contributed by atoms with Crippen molar-refractivity contribution in [3.8, 4) is 0 Å². The van der Waals surface area contributed by atoms with Crippen molar-refractivity contribution in [1.29, 1.82) is 0 Å². The average molecular weight is 369 g/mol. The third-order valence-electron chi connectivity index (χ3n) is 4.19. The molecule has 1 saturated heterocycles. The van der Waals surface area contributed by atoms with Crippen molar-refractivity contribution < 1.29 is 14.3 Å². The van der Waals surface area contributed by atoms with Crippen molar-refractivity contribution in [2.24, 2.45) is 0 Å². The summed E-state index contributed by atoms with van der Waals surface area (Å²) in [5.41, 5.74) is -0.579. The number of likely N-dealkylation sites (tertiary alicyclic amines) is 1. The van der Waals surface area contributed by atoms with Gasteiger partial charge in [0.25, 0.3) is 0 Å². The molecule has 0 unspecified atom stereocenters. The molecule has 2 heterocycles. The van der Waals surface area contributed by atoms with Gasteiger partial charge in [-0.1, -0.05) is 25.2 Å². The largest absolute Gasteiger partial charge is 0.444 e. The van der Waals surface area contributed by atoms with Gasteiger partial charge in [-0.05, 0) is 46.5 Å². The number of hydrogen-bond donors (Lipinski definition) is 1. The zero-order valence-corrected chi connectivity index (χ0v) is 16.5. The molecule has 1 aromatic heterocycles. The highest BCUT2D eigenvalue weighted by Crippen LogP contribution is 2.29. The van der Waals surface area contributed by atoms with E-state index in [0.29, 0.717) is 24.0 Å². The molecule has 1 aliphatic heterocycles. The van der Waals surface area contributed by atoms with Gasteiger partial charge in [0.05, 0.1) is 0 Å². The molecule has 8 heteroatoms. The Morgan fingerprint density at radius 3 is 2.60 bits per heavy atom. The molecule has 1 N–H and O–H groups in total. The van der Waals surface area contributed by atoms with Gasteiger partial charge in [-0.2, -0.15) is 0 Å². The van der Waals surface area contributed by atoms with E-state index in [2.05, 4.69) is 29.4 Å². The van der Waals surface area contributed by atoms with E-state index in [1.165, 1.54) is 16.2 Å². The van der Waals surface area contributed by atoms with Crippen LogP contribution in [0.4, 0.5) is 9.93 Å². The topological polar surface area (TPSA) is 84.4 Å². The van der Waals surface area contributed by atoms with Crippen LogP contribution >= 0.6 is 11.3 Å². The van der Waals surface area contributed by atoms with Gasteiger partial charge in [-0.3, -0.25) is 15.0 Å². The maximum absolute atomic E-state index is 12.6. The lowest BCUT2D eigenvalue weighted by atomic mass is 10.1. The fourth-order valence-electron chi connectivity index (χ4n) is 2.86. The van der Waals surface area contributed by atoms with Crippen molar-refractivity contribution in [2.45, 2.75) is 77.9 Å². The summed E-state index contributed by atoms with van der Waals surface area (Å²) in [4.78, 5) is 26.4. The van der Waals surface area contributed by atoms with E-state index >= 15 is 0 Å². The van der Waals surface area contributed by atoms with Crippen LogP contribution in [0.25, 0.3) is 0 Å². The number of carbonyl (C=O) groups excluding carboxylic acids is 2. The molecule has 1 fully saturated rings. The van der Waals surface area contributed by atoms with Crippen molar-refractivity contribution in [1.82, 2.24) is 15.1 Å². The maximum Gasteiger partial charge on any atom is 0.410 e. The molecule has 140 valence electrons. The molecule has 0 radical (unpaired) electrons. The van der Waals surface area contributed by atoms with Gasteiger partial charge in [0.1, 0.15) is 16.7 Å². The fourth-order valence-corrected chi connectivity index (χ4v) is 3.87. The summed E-state index contributed by atoms with van der Waals surface area (Å²) >= 11 is 1.41. The molecule has 0 spiro atoms. The number of hydrogen-bond acceptors (Lipinski definition) is 6. The molecular formula is C17H28N4O3S. The van der Waals surface area contributed by atoms with E-state index in [1.54, 1.807) is 0 Å². The minimum Gasteiger partial charge on any atom is -0.444 e. The molecule has 0 aromatic carbocycles. The zero-order chi connectivity index (χ0) is 18.6. The smallest absolute Gasteiger partial charge is 0.410 e. The number of ether oxygens (including phenoxy) is 1. The molecule has 0 bridgehead atoms. The molecule has 7 nitrogen and oxygen atoms in total. The lowest BCUT2D eigenvalue weighted by Crippen LogP contribution is -2.45. The Morgan fingerprint density at radius 1 is 1.32 bits per heavy atom. The number of anilines is 1. The van der Waals surface area contributed by atoms with E-state index < -0.39 is 17.7 Å². The first-order valence-corrected chi connectivity index (χ1v) is 9.70. The van der Waals surface area contributed by atoms with Gasteiger partial charge >= 0.3 is 6.09 Å². The standard InChI is InChI=1S/C17H28N4O3S/c1-6-11(7-2)14-19-20-15(25-14)18-13(22)12-9-8-10-21(12)16(23)24-17(3,4)5/h11-12H,6-10H2,1-5H3,(H,18,20,22)/t12-/m1/s1. The highest BCUT2D eigenvalue weighted by Gasteiger charge is 2.37. The molecule has 25 heavy (non-hydrogen) atoms. The monoisotopic (exact) mass is 368 g/mol. The van der Waals surface area contributed by atoms with E-state index in [1.807, 2.05) is 20.8 Å². The predicted molar refractivity (Wildman–Crippen MR) is 97.8 cm³/mol. The van der Waals surface area contributed by atoms with Crippen LogP contribution < -0.4 is 5.32 Å². The highest BCUT2D eigenvalue weighted by atomic mass is 32.1. The lowest BCUT2D eigenvalue weighted by Gasteiger charge is -2.27. The Balaban J connectivity index is 2.01.